The molecule has 6 heteroatoms. The van der Waals surface area contributed by atoms with Crippen LogP contribution in [0.25, 0.3) is 0 Å². The van der Waals surface area contributed by atoms with E-state index in [1.54, 1.807) is 24.5 Å². The highest BCUT2D eigenvalue weighted by atomic mass is 32.2. The number of anilines is 1. The van der Waals surface area contributed by atoms with E-state index in [1.165, 1.54) is 12.1 Å². The Bertz CT molecular complexity index is 625. The second-order valence-electron chi connectivity index (χ2n) is 4.08. The zero-order valence-corrected chi connectivity index (χ0v) is 11.1. The monoisotopic (exact) mass is 277 g/mol. The summed E-state index contributed by atoms with van der Waals surface area (Å²) in [6.45, 7) is 0.332. The molecule has 0 aliphatic rings. The average molecular weight is 277 g/mol. The number of sulfonamides is 1. The average Bonchev–Trinajstić information content (AvgIpc) is 2.40. The SMILES string of the molecule is Nc1ccc(S(=O)(=O)NCCc2cccnc2)cc1. The molecule has 0 radical (unpaired) electrons. The zero-order chi connectivity index (χ0) is 13.7. The quantitative estimate of drug-likeness (QED) is 0.804. The van der Waals surface area contributed by atoms with E-state index in [0.29, 0.717) is 18.7 Å². The minimum absolute atomic E-state index is 0.216. The second-order valence-corrected chi connectivity index (χ2v) is 5.85. The first-order chi connectivity index (χ1) is 9.08. The molecule has 0 aliphatic carbocycles. The minimum atomic E-state index is -3.47. The van der Waals surface area contributed by atoms with Gasteiger partial charge in [-0.15, -0.1) is 0 Å². The lowest BCUT2D eigenvalue weighted by molar-refractivity contribution is 0.581. The molecule has 0 aliphatic heterocycles. The largest absolute Gasteiger partial charge is 0.399 e. The summed E-state index contributed by atoms with van der Waals surface area (Å²) in [5.74, 6) is 0. The first-order valence-corrected chi connectivity index (χ1v) is 7.30. The van der Waals surface area contributed by atoms with Crippen LogP contribution in [0.2, 0.25) is 0 Å². The van der Waals surface area contributed by atoms with Gasteiger partial charge in [-0.25, -0.2) is 13.1 Å². The maximum Gasteiger partial charge on any atom is 0.240 e. The van der Waals surface area contributed by atoms with Gasteiger partial charge in [0.2, 0.25) is 10.0 Å². The lowest BCUT2D eigenvalue weighted by Gasteiger charge is -2.06. The molecule has 19 heavy (non-hydrogen) atoms. The van der Waals surface area contributed by atoms with Crippen LogP contribution < -0.4 is 10.5 Å². The van der Waals surface area contributed by atoms with Crippen molar-refractivity contribution in [2.45, 2.75) is 11.3 Å². The van der Waals surface area contributed by atoms with Crippen LogP contribution in [0.5, 0.6) is 0 Å². The van der Waals surface area contributed by atoms with E-state index in [1.807, 2.05) is 12.1 Å². The van der Waals surface area contributed by atoms with Crippen molar-refractivity contribution in [3.63, 3.8) is 0 Å². The molecule has 0 saturated carbocycles. The van der Waals surface area contributed by atoms with E-state index in [2.05, 4.69) is 9.71 Å². The molecule has 0 bridgehead atoms. The predicted octanol–water partition coefficient (Wildman–Crippen LogP) is 1.18. The molecule has 0 fully saturated rings. The second kappa shape index (κ2) is 5.81. The number of benzene rings is 1. The Morgan fingerprint density at radius 2 is 1.89 bits per heavy atom. The molecule has 100 valence electrons. The third-order valence-electron chi connectivity index (χ3n) is 2.62. The van der Waals surface area contributed by atoms with Crippen molar-refractivity contribution in [1.29, 1.82) is 0 Å². The van der Waals surface area contributed by atoms with E-state index < -0.39 is 10.0 Å². The zero-order valence-electron chi connectivity index (χ0n) is 10.3. The smallest absolute Gasteiger partial charge is 0.240 e. The van der Waals surface area contributed by atoms with E-state index in [9.17, 15) is 8.42 Å². The van der Waals surface area contributed by atoms with Crippen molar-refractivity contribution in [1.82, 2.24) is 9.71 Å². The number of pyridine rings is 1. The van der Waals surface area contributed by atoms with Gasteiger partial charge < -0.3 is 5.73 Å². The predicted molar refractivity (Wildman–Crippen MR) is 74.0 cm³/mol. The Hall–Kier alpha value is -1.92. The number of hydrogen-bond donors (Lipinski definition) is 2. The van der Waals surface area contributed by atoms with Crippen LogP contribution >= 0.6 is 0 Å². The molecule has 0 saturated heterocycles. The Kier molecular flexibility index (Phi) is 4.13. The fourth-order valence-corrected chi connectivity index (χ4v) is 2.64. The normalized spacial score (nSPS) is 11.4. The highest BCUT2D eigenvalue weighted by molar-refractivity contribution is 7.89. The Labute approximate surface area is 112 Å². The minimum Gasteiger partial charge on any atom is -0.399 e. The molecule has 5 nitrogen and oxygen atoms in total. The highest BCUT2D eigenvalue weighted by Crippen LogP contribution is 2.11. The highest BCUT2D eigenvalue weighted by Gasteiger charge is 2.12. The molecule has 2 aromatic rings. The third kappa shape index (κ3) is 3.77. The Morgan fingerprint density at radius 3 is 2.53 bits per heavy atom. The van der Waals surface area contributed by atoms with Gasteiger partial charge in [-0.3, -0.25) is 4.98 Å². The van der Waals surface area contributed by atoms with Crippen LogP contribution in [0.1, 0.15) is 5.56 Å². The van der Waals surface area contributed by atoms with Crippen LogP contribution in [0.4, 0.5) is 5.69 Å². The summed E-state index contributed by atoms with van der Waals surface area (Å²) in [6.07, 6.45) is 4.00. The summed E-state index contributed by atoms with van der Waals surface area (Å²) in [5, 5.41) is 0. The third-order valence-corrected chi connectivity index (χ3v) is 4.10. The van der Waals surface area contributed by atoms with E-state index in [-0.39, 0.29) is 4.90 Å². The van der Waals surface area contributed by atoms with Crippen molar-refractivity contribution in [2.75, 3.05) is 12.3 Å². The first kappa shape index (κ1) is 13.5. The lowest BCUT2D eigenvalue weighted by atomic mass is 10.2. The van der Waals surface area contributed by atoms with Crippen LogP contribution in [0.15, 0.2) is 53.7 Å². The Morgan fingerprint density at radius 1 is 1.16 bits per heavy atom. The summed E-state index contributed by atoms with van der Waals surface area (Å²) in [4.78, 5) is 4.19. The summed E-state index contributed by atoms with van der Waals surface area (Å²) < 4.78 is 26.5. The number of aromatic nitrogens is 1. The van der Waals surface area contributed by atoms with Crippen LogP contribution in [-0.4, -0.2) is 19.9 Å². The molecule has 1 aromatic heterocycles. The van der Waals surface area contributed by atoms with Gasteiger partial charge in [0, 0.05) is 24.6 Å². The molecule has 0 spiro atoms. The molecular weight excluding hydrogens is 262 g/mol. The number of hydrogen-bond acceptors (Lipinski definition) is 4. The topological polar surface area (TPSA) is 85.1 Å². The van der Waals surface area contributed by atoms with E-state index in [4.69, 9.17) is 5.73 Å². The van der Waals surface area contributed by atoms with E-state index in [0.717, 1.165) is 5.56 Å². The van der Waals surface area contributed by atoms with Crippen LogP contribution in [-0.2, 0) is 16.4 Å². The fraction of sp³-hybridized carbons (Fsp3) is 0.154. The fourth-order valence-electron chi connectivity index (χ4n) is 1.61. The van der Waals surface area contributed by atoms with Gasteiger partial charge in [0.25, 0.3) is 0 Å². The number of nitrogens with one attached hydrogen (secondary N) is 1. The van der Waals surface area contributed by atoms with Gasteiger partial charge in [-0.05, 0) is 42.3 Å². The molecular formula is C13H15N3O2S. The number of nitrogen functional groups attached to an aromatic ring is 1. The van der Waals surface area contributed by atoms with Gasteiger partial charge in [-0.1, -0.05) is 6.07 Å². The lowest BCUT2D eigenvalue weighted by Crippen LogP contribution is -2.26. The van der Waals surface area contributed by atoms with Gasteiger partial charge in [0.05, 0.1) is 4.90 Å². The molecule has 0 amide bonds. The summed E-state index contributed by atoms with van der Waals surface area (Å²) in [7, 11) is -3.47. The van der Waals surface area contributed by atoms with Crippen molar-refractivity contribution in [3.05, 3.63) is 54.4 Å². The van der Waals surface area contributed by atoms with Crippen LogP contribution in [0.3, 0.4) is 0 Å². The molecule has 2 rings (SSSR count). The standard InChI is InChI=1S/C13H15N3O2S/c14-12-3-5-13(6-4-12)19(17,18)16-9-7-11-2-1-8-15-10-11/h1-6,8,10,16H,7,9,14H2. The summed E-state index contributed by atoms with van der Waals surface area (Å²) in [6, 6.07) is 9.84. The van der Waals surface area contributed by atoms with Crippen molar-refractivity contribution < 1.29 is 8.42 Å². The molecule has 1 heterocycles. The van der Waals surface area contributed by atoms with Gasteiger partial charge in [0.15, 0.2) is 0 Å². The summed E-state index contributed by atoms with van der Waals surface area (Å²) >= 11 is 0. The number of rotatable bonds is 5. The number of nitrogens with two attached hydrogens (primary N) is 1. The van der Waals surface area contributed by atoms with Gasteiger partial charge in [0.1, 0.15) is 0 Å². The number of nitrogens with zero attached hydrogens (tertiary/aromatic N) is 1. The van der Waals surface area contributed by atoms with Crippen molar-refractivity contribution in [2.24, 2.45) is 0 Å². The van der Waals surface area contributed by atoms with E-state index >= 15 is 0 Å². The van der Waals surface area contributed by atoms with Gasteiger partial charge >= 0.3 is 0 Å². The first-order valence-electron chi connectivity index (χ1n) is 5.82. The molecule has 3 N–H and O–H groups in total. The van der Waals surface area contributed by atoms with Crippen molar-refractivity contribution in [3.8, 4) is 0 Å². The molecule has 0 atom stereocenters. The molecule has 0 unspecified atom stereocenters. The Balaban J connectivity index is 1.97. The van der Waals surface area contributed by atoms with Gasteiger partial charge in [-0.2, -0.15) is 0 Å². The molecule has 1 aromatic carbocycles. The van der Waals surface area contributed by atoms with Crippen LogP contribution in [0, 0.1) is 0 Å². The summed E-state index contributed by atoms with van der Waals surface area (Å²) in [5.41, 5.74) is 7.05. The maximum absolute atomic E-state index is 12.0. The van der Waals surface area contributed by atoms with Crippen molar-refractivity contribution >= 4 is 15.7 Å². The maximum atomic E-state index is 12.0.